The smallest absolute Gasteiger partial charge is 0.261 e. The first-order chi connectivity index (χ1) is 8.16. The average molecular weight is 252 g/mol. The summed E-state index contributed by atoms with van der Waals surface area (Å²) in [6, 6.07) is 6.85. The molecule has 1 aromatic rings. The molecule has 1 atom stereocenters. The third-order valence-electron chi connectivity index (χ3n) is 3.02. The van der Waals surface area contributed by atoms with Crippen molar-refractivity contribution in [2.24, 2.45) is 0 Å². The molecule has 1 aliphatic rings. The summed E-state index contributed by atoms with van der Waals surface area (Å²) in [5.74, 6) is 0.174. The molecule has 3 nitrogen and oxygen atoms in total. The molecule has 0 aliphatic carbocycles. The molecule has 1 aromatic carbocycles. The molecule has 0 spiro atoms. The summed E-state index contributed by atoms with van der Waals surface area (Å²) in [7, 11) is 0. The highest BCUT2D eigenvalue weighted by molar-refractivity contribution is 6.21. The first-order valence-corrected chi connectivity index (χ1v) is 6.23. The Morgan fingerprint density at radius 1 is 1.18 bits per heavy atom. The Morgan fingerprint density at radius 2 is 1.71 bits per heavy atom. The van der Waals surface area contributed by atoms with E-state index < -0.39 is 0 Å². The Hall–Kier alpha value is -1.35. The van der Waals surface area contributed by atoms with Gasteiger partial charge in [-0.25, -0.2) is 0 Å². The fourth-order valence-corrected chi connectivity index (χ4v) is 2.26. The van der Waals surface area contributed by atoms with Crippen LogP contribution in [0.15, 0.2) is 24.3 Å². The van der Waals surface area contributed by atoms with Gasteiger partial charge in [-0.1, -0.05) is 12.1 Å². The van der Waals surface area contributed by atoms with Gasteiger partial charge in [0.05, 0.1) is 11.1 Å². The second-order valence-electron chi connectivity index (χ2n) is 4.21. The normalized spacial score (nSPS) is 16.2. The van der Waals surface area contributed by atoms with E-state index in [1.165, 1.54) is 4.90 Å². The Labute approximate surface area is 105 Å². The number of alkyl halides is 1. The van der Waals surface area contributed by atoms with Crippen LogP contribution in [0.3, 0.4) is 0 Å². The number of halogens is 1. The predicted molar refractivity (Wildman–Crippen MR) is 66.4 cm³/mol. The fraction of sp³-hybridized carbons (Fsp3) is 0.385. The maximum atomic E-state index is 12.1. The minimum absolute atomic E-state index is 0.0962. The van der Waals surface area contributed by atoms with E-state index in [9.17, 15) is 9.59 Å². The van der Waals surface area contributed by atoms with Gasteiger partial charge < -0.3 is 0 Å². The van der Waals surface area contributed by atoms with Crippen LogP contribution in [-0.4, -0.2) is 28.6 Å². The number of carbonyl (C=O) groups excluding carboxylic acids is 2. The van der Waals surface area contributed by atoms with E-state index >= 15 is 0 Å². The van der Waals surface area contributed by atoms with Crippen LogP contribution >= 0.6 is 11.6 Å². The number of fused-ring (bicyclic) bond motifs is 1. The van der Waals surface area contributed by atoms with Crippen LogP contribution in [0.4, 0.5) is 0 Å². The predicted octanol–water partition coefficient (Wildman–Crippen LogP) is 2.69. The van der Waals surface area contributed by atoms with Crippen LogP contribution in [0.25, 0.3) is 0 Å². The molecule has 0 aromatic heterocycles. The molecule has 0 saturated carbocycles. The Kier molecular flexibility index (Phi) is 3.48. The highest BCUT2D eigenvalue weighted by atomic mass is 35.5. The maximum Gasteiger partial charge on any atom is 0.261 e. The lowest BCUT2D eigenvalue weighted by molar-refractivity contribution is 0.0590. The van der Waals surface area contributed by atoms with Crippen LogP contribution in [0.5, 0.6) is 0 Å². The molecular weight excluding hydrogens is 238 g/mol. The van der Waals surface area contributed by atoms with E-state index in [0.29, 0.717) is 17.0 Å². The molecule has 1 unspecified atom stereocenters. The van der Waals surface area contributed by atoms with Gasteiger partial charge in [0.15, 0.2) is 0 Å². The zero-order chi connectivity index (χ0) is 12.4. The number of benzene rings is 1. The standard InChI is InChI=1S/C13H14ClNO2/c1-9(5-4-8-14)15-12(16)10-6-2-3-7-11(10)13(15)17/h2-3,6-7,9H,4-5,8H2,1H3. The van der Waals surface area contributed by atoms with Crippen molar-refractivity contribution in [2.75, 3.05) is 5.88 Å². The lowest BCUT2D eigenvalue weighted by atomic mass is 10.1. The molecule has 2 rings (SSSR count). The maximum absolute atomic E-state index is 12.1. The van der Waals surface area contributed by atoms with Gasteiger partial charge in [-0.05, 0) is 31.9 Å². The van der Waals surface area contributed by atoms with Crippen LogP contribution in [0.2, 0.25) is 0 Å². The first-order valence-electron chi connectivity index (χ1n) is 5.69. The van der Waals surface area contributed by atoms with E-state index in [-0.39, 0.29) is 17.9 Å². The molecule has 0 bridgehead atoms. The van der Waals surface area contributed by atoms with Crippen LogP contribution in [-0.2, 0) is 0 Å². The first kappa shape index (κ1) is 12.1. The number of imide groups is 1. The molecule has 4 heteroatoms. The van der Waals surface area contributed by atoms with Crippen molar-refractivity contribution in [3.63, 3.8) is 0 Å². The van der Waals surface area contributed by atoms with Gasteiger partial charge in [0.1, 0.15) is 0 Å². The topological polar surface area (TPSA) is 37.4 Å². The van der Waals surface area contributed by atoms with Crippen molar-refractivity contribution in [1.82, 2.24) is 4.90 Å². The van der Waals surface area contributed by atoms with E-state index in [2.05, 4.69) is 0 Å². The minimum atomic E-state index is -0.187. The summed E-state index contributed by atoms with van der Waals surface area (Å²) >= 11 is 5.63. The molecule has 0 fully saturated rings. The third kappa shape index (κ3) is 2.07. The van der Waals surface area contributed by atoms with Gasteiger partial charge in [-0.15, -0.1) is 11.6 Å². The highest BCUT2D eigenvalue weighted by Gasteiger charge is 2.37. The summed E-state index contributed by atoms with van der Waals surface area (Å²) in [5.41, 5.74) is 1.02. The Morgan fingerprint density at radius 3 is 2.18 bits per heavy atom. The Balaban J connectivity index is 2.24. The molecular formula is C13H14ClNO2. The molecule has 0 radical (unpaired) electrons. The fourth-order valence-electron chi connectivity index (χ4n) is 2.11. The van der Waals surface area contributed by atoms with Crippen molar-refractivity contribution in [3.8, 4) is 0 Å². The van der Waals surface area contributed by atoms with E-state index in [1.807, 2.05) is 6.92 Å². The summed E-state index contributed by atoms with van der Waals surface area (Å²) in [6.07, 6.45) is 1.55. The van der Waals surface area contributed by atoms with Gasteiger partial charge in [-0.2, -0.15) is 0 Å². The van der Waals surface area contributed by atoms with E-state index in [0.717, 1.165) is 12.8 Å². The molecule has 2 amide bonds. The zero-order valence-electron chi connectivity index (χ0n) is 9.65. The average Bonchev–Trinajstić information content (AvgIpc) is 2.60. The lowest BCUT2D eigenvalue weighted by Crippen LogP contribution is -2.38. The summed E-state index contributed by atoms with van der Waals surface area (Å²) in [4.78, 5) is 25.5. The Bertz CT molecular complexity index is 423. The van der Waals surface area contributed by atoms with Gasteiger partial charge in [-0.3, -0.25) is 14.5 Å². The monoisotopic (exact) mass is 251 g/mol. The number of carbonyl (C=O) groups is 2. The van der Waals surface area contributed by atoms with Gasteiger partial charge in [0.25, 0.3) is 11.8 Å². The number of nitrogens with zero attached hydrogens (tertiary/aromatic N) is 1. The summed E-state index contributed by atoms with van der Waals surface area (Å²) in [5, 5.41) is 0. The summed E-state index contributed by atoms with van der Waals surface area (Å²) < 4.78 is 0. The summed E-state index contributed by atoms with van der Waals surface area (Å²) in [6.45, 7) is 1.88. The number of hydrogen-bond donors (Lipinski definition) is 0. The van der Waals surface area contributed by atoms with E-state index in [4.69, 9.17) is 11.6 Å². The molecule has 0 N–H and O–H groups in total. The number of rotatable bonds is 4. The number of amides is 2. The van der Waals surface area contributed by atoms with Crippen LogP contribution in [0.1, 0.15) is 40.5 Å². The zero-order valence-corrected chi connectivity index (χ0v) is 10.4. The van der Waals surface area contributed by atoms with Crippen LogP contribution in [0, 0.1) is 0 Å². The van der Waals surface area contributed by atoms with E-state index in [1.54, 1.807) is 24.3 Å². The lowest BCUT2D eigenvalue weighted by Gasteiger charge is -2.21. The van der Waals surface area contributed by atoms with Gasteiger partial charge >= 0.3 is 0 Å². The van der Waals surface area contributed by atoms with Crippen molar-refractivity contribution < 1.29 is 9.59 Å². The molecule has 1 aliphatic heterocycles. The van der Waals surface area contributed by atoms with Gasteiger partial charge in [0.2, 0.25) is 0 Å². The van der Waals surface area contributed by atoms with Crippen molar-refractivity contribution >= 4 is 23.4 Å². The quantitative estimate of drug-likeness (QED) is 0.610. The van der Waals surface area contributed by atoms with Crippen molar-refractivity contribution in [2.45, 2.75) is 25.8 Å². The van der Waals surface area contributed by atoms with Crippen molar-refractivity contribution in [1.29, 1.82) is 0 Å². The largest absolute Gasteiger partial charge is 0.272 e. The minimum Gasteiger partial charge on any atom is -0.272 e. The number of hydrogen-bond acceptors (Lipinski definition) is 2. The van der Waals surface area contributed by atoms with Crippen molar-refractivity contribution in [3.05, 3.63) is 35.4 Å². The SMILES string of the molecule is CC(CCCCl)N1C(=O)c2ccccc2C1=O. The second kappa shape index (κ2) is 4.88. The third-order valence-corrected chi connectivity index (χ3v) is 3.29. The second-order valence-corrected chi connectivity index (χ2v) is 4.58. The van der Waals surface area contributed by atoms with Gasteiger partial charge in [0, 0.05) is 11.9 Å². The molecule has 90 valence electrons. The molecule has 1 heterocycles. The van der Waals surface area contributed by atoms with Crippen LogP contribution < -0.4 is 0 Å². The molecule has 0 saturated heterocycles. The highest BCUT2D eigenvalue weighted by Crippen LogP contribution is 2.25. The molecule has 17 heavy (non-hydrogen) atoms.